The first-order chi connectivity index (χ1) is 5.22. The van der Waals surface area contributed by atoms with E-state index in [1.165, 1.54) is 0 Å². The molecular formula is C8H14N2O. The van der Waals surface area contributed by atoms with Crippen LogP contribution in [0.3, 0.4) is 0 Å². The van der Waals surface area contributed by atoms with Crippen LogP contribution in [0.1, 0.15) is 12.8 Å². The van der Waals surface area contributed by atoms with Crippen LogP contribution in [-0.4, -0.2) is 37.7 Å². The van der Waals surface area contributed by atoms with E-state index in [0.29, 0.717) is 0 Å². The maximum absolute atomic E-state index is 8.83. The molecule has 3 heteroatoms. The van der Waals surface area contributed by atoms with E-state index in [1.54, 1.807) is 7.11 Å². The molecular weight excluding hydrogens is 140 g/mol. The van der Waals surface area contributed by atoms with E-state index in [2.05, 4.69) is 18.0 Å². The van der Waals surface area contributed by atoms with Gasteiger partial charge in [-0.15, -0.1) is 0 Å². The molecule has 1 saturated heterocycles. The molecule has 0 unspecified atom stereocenters. The maximum Gasteiger partial charge on any atom is 0.156 e. The van der Waals surface area contributed by atoms with Crippen molar-refractivity contribution < 1.29 is 4.74 Å². The molecule has 62 valence electrons. The van der Waals surface area contributed by atoms with E-state index in [4.69, 9.17) is 10.00 Å². The Hall–Kier alpha value is -0.590. The molecule has 11 heavy (non-hydrogen) atoms. The van der Waals surface area contributed by atoms with Crippen molar-refractivity contribution in [3.05, 3.63) is 0 Å². The van der Waals surface area contributed by atoms with E-state index in [0.717, 1.165) is 25.9 Å². The monoisotopic (exact) mass is 154 g/mol. The van der Waals surface area contributed by atoms with Crippen LogP contribution in [0.5, 0.6) is 0 Å². The molecule has 1 heterocycles. The molecule has 0 bridgehead atoms. The lowest BCUT2D eigenvalue weighted by Crippen LogP contribution is -2.42. The van der Waals surface area contributed by atoms with Crippen LogP contribution >= 0.6 is 0 Å². The van der Waals surface area contributed by atoms with Crippen molar-refractivity contribution in [2.45, 2.75) is 18.4 Å². The lowest BCUT2D eigenvalue weighted by Gasteiger charge is -2.34. The summed E-state index contributed by atoms with van der Waals surface area (Å²) in [5, 5.41) is 8.83. The van der Waals surface area contributed by atoms with Crippen molar-refractivity contribution in [2.75, 3.05) is 27.2 Å². The number of nitrogens with zero attached hydrogens (tertiary/aromatic N) is 2. The molecule has 0 aromatic rings. The molecule has 0 N–H and O–H groups in total. The number of hydrogen-bond donors (Lipinski definition) is 0. The van der Waals surface area contributed by atoms with Gasteiger partial charge in [-0.1, -0.05) is 0 Å². The molecule has 0 aromatic carbocycles. The van der Waals surface area contributed by atoms with Crippen molar-refractivity contribution in [2.24, 2.45) is 0 Å². The molecule has 3 nitrogen and oxygen atoms in total. The van der Waals surface area contributed by atoms with Crippen LogP contribution in [0.2, 0.25) is 0 Å². The lowest BCUT2D eigenvalue weighted by atomic mass is 9.93. The van der Waals surface area contributed by atoms with E-state index in [9.17, 15) is 0 Å². The zero-order valence-electron chi connectivity index (χ0n) is 7.13. The summed E-state index contributed by atoms with van der Waals surface area (Å²) < 4.78 is 5.19. The zero-order valence-corrected chi connectivity index (χ0v) is 7.13. The normalized spacial score (nSPS) is 24.5. The standard InChI is InChI=1S/C8H14N2O/c1-10-5-3-8(7-9,11-2)4-6-10/h3-6H2,1-2H3. The Kier molecular flexibility index (Phi) is 2.48. The van der Waals surface area contributed by atoms with Gasteiger partial charge in [-0.3, -0.25) is 0 Å². The highest BCUT2D eigenvalue weighted by atomic mass is 16.5. The summed E-state index contributed by atoms with van der Waals surface area (Å²) in [6.07, 6.45) is 1.66. The molecule has 0 amide bonds. The molecule has 1 aliphatic rings. The second-order valence-electron chi connectivity index (χ2n) is 3.11. The SMILES string of the molecule is COC1(C#N)CCN(C)CC1. The van der Waals surface area contributed by atoms with Crippen molar-refractivity contribution in [1.29, 1.82) is 5.26 Å². The summed E-state index contributed by atoms with van der Waals surface area (Å²) in [6.45, 7) is 1.92. The van der Waals surface area contributed by atoms with Gasteiger partial charge < -0.3 is 9.64 Å². The van der Waals surface area contributed by atoms with Crippen LogP contribution in [0, 0.1) is 11.3 Å². The minimum absolute atomic E-state index is 0.494. The molecule has 1 fully saturated rings. The van der Waals surface area contributed by atoms with Gasteiger partial charge in [0.2, 0.25) is 0 Å². The fraction of sp³-hybridized carbons (Fsp3) is 0.875. The van der Waals surface area contributed by atoms with E-state index in [1.807, 2.05) is 0 Å². The number of rotatable bonds is 1. The maximum atomic E-state index is 8.83. The van der Waals surface area contributed by atoms with Crippen molar-refractivity contribution in [3.8, 4) is 6.07 Å². The summed E-state index contributed by atoms with van der Waals surface area (Å²) in [4.78, 5) is 2.22. The molecule has 0 aromatic heterocycles. The highest BCUT2D eigenvalue weighted by Crippen LogP contribution is 2.23. The van der Waals surface area contributed by atoms with Gasteiger partial charge in [0, 0.05) is 33.0 Å². The highest BCUT2D eigenvalue weighted by molar-refractivity contribution is 5.04. The minimum Gasteiger partial charge on any atom is -0.363 e. The summed E-state index contributed by atoms with van der Waals surface area (Å²) in [5.41, 5.74) is -0.494. The van der Waals surface area contributed by atoms with Gasteiger partial charge in [-0.05, 0) is 7.05 Å². The Morgan fingerprint density at radius 3 is 2.36 bits per heavy atom. The molecule has 0 saturated carbocycles. The lowest BCUT2D eigenvalue weighted by molar-refractivity contribution is -0.00873. The predicted molar refractivity (Wildman–Crippen MR) is 42.1 cm³/mol. The quantitative estimate of drug-likeness (QED) is 0.555. The summed E-state index contributed by atoms with van der Waals surface area (Å²) in [5.74, 6) is 0. The first-order valence-corrected chi connectivity index (χ1v) is 3.87. The summed E-state index contributed by atoms with van der Waals surface area (Å²) >= 11 is 0. The highest BCUT2D eigenvalue weighted by Gasteiger charge is 2.33. The topological polar surface area (TPSA) is 36.3 Å². The summed E-state index contributed by atoms with van der Waals surface area (Å²) in [6, 6.07) is 2.24. The number of ether oxygens (including phenoxy) is 1. The van der Waals surface area contributed by atoms with Crippen LogP contribution in [-0.2, 0) is 4.74 Å². The molecule has 1 rings (SSSR count). The first-order valence-electron chi connectivity index (χ1n) is 3.87. The first kappa shape index (κ1) is 8.51. The van der Waals surface area contributed by atoms with Gasteiger partial charge in [0.15, 0.2) is 5.60 Å². The number of methoxy groups -OCH3 is 1. The second kappa shape index (κ2) is 3.21. The van der Waals surface area contributed by atoms with Gasteiger partial charge >= 0.3 is 0 Å². The fourth-order valence-corrected chi connectivity index (χ4v) is 1.34. The Labute approximate surface area is 67.6 Å². The van der Waals surface area contributed by atoms with Crippen molar-refractivity contribution in [1.82, 2.24) is 4.90 Å². The molecule has 0 atom stereocenters. The van der Waals surface area contributed by atoms with Gasteiger partial charge in [0.1, 0.15) is 0 Å². The van der Waals surface area contributed by atoms with Gasteiger partial charge in [-0.25, -0.2) is 0 Å². The van der Waals surface area contributed by atoms with E-state index < -0.39 is 5.60 Å². The predicted octanol–water partition coefficient (Wildman–Crippen LogP) is 0.621. The Bertz CT molecular complexity index is 165. The third kappa shape index (κ3) is 1.70. The Morgan fingerprint density at radius 1 is 1.45 bits per heavy atom. The van der Waals surface area contributed by atoms with Crippen LogP contribution < -0.4 is 0 Å². The minimum atomic E-state index is -0.494. The third-order valence-electron chi connectivity index (χ3n) is 2.39. The molecule has 1 aliphatic heterocycles. The number of piperidine rings is 1. The smallest absolute Gasteiger partial charge is 0.156 e. The Balaban J connectivity index is 2.54. The number of hydrogen-bond acceptors (Lipinski definition) is 3. The number of nitriles is 1. The second-order valence-corrected chi connectivity index (χ2v) is 3.11. The fourth-order valence-electron chi connectivity index (χ4n) is 1.34. The van der Waals surface area contributed by atoms with Crippen molar-refractivity contribution in [3.63, 3.8) is 0 Å². The Morgan fingerprint density at radius 2 is 2.00 bits per heavy atom. The largest absolute Gasteiger partial charge is 0.363 e. The van der Waals surface area contributed by atoms with Crippen molar-refractivity contribution >= 4 is 0 Å². The van der Waals surface area contributed by atoms with Gasteiger partial charge in [0.05, 0.1) is 6.07 Å². The van der Waals surface area contributed by atoms with Crippen LogP contribution in [0.25, 0.3) is 0 Å². The van der Waals surface area contributed by atoms with Crippen LogP contribution in [0.4, 0.5) is 0 Å². The third-order valence-corrected chi connectivity index (χ3v) is 2.39. The molecule has 0 aliphatic carbocycles. The van der Waals surface area contributed by atoms with Gasteiger partial charge in [0.25, 0.3) is 0 Å². The van der Waals surface area contributed by atoms with E-state index >= 15 is 0 Å². The summed E-state index contributed by atoms with van der Waals surface area (Å²) in [7, 11) is 3.69. The zero-order chi connectivity index (χ0) is 8.32. The average molecular weight is 154 g/mol. The van der Waals surface area contributed by atoms with Crippen LogP contribution in [0.15, 0.2) is 0 Å². The molecule has 0 spiro atoms. The van der Waals surface area contributed by atoms with Gasteiger partial charge in [-0.2, -0.15) is 5.26 Å². The average Bonchev–Trinajstić information content (AvgIpc) is 2.07. The van der Waals surface area contributed by atoms with E-state index in [-0.39, 0.29) is 0 Å². The molecule has 0 radical (unpaired) electrons. The number of likely N-dealkylation sites (tertiary alicyclic amines) is 1.